The Morgan fingerprint density at radius 2 is 2.23 bits per heavy atom. The van der Waals surface area contributed by atoms with Crippen LogP contribution in [-0.4, -0.2) is 45.7 Å². The predicted molar refractivity (Wildman–Crippen MR) is 98.3 cm³/mol. The second-order valence-electron chi connectivity index (χ2n) is 6.88. The molecule has 8 heteroatoms. The minimum atomic E-state index is -0.0908. The molecular weight excluding hydrogens is 332 g/mol. The monoisotopic (exact) mass is 356 g/mol. The summed E-state index contributed by atoms with van der Waals surface area (Å²) in [5.41, 5.74) is 2.07. The van der Waals surface area contributed by atoms with Crippen LogP contribution in [0.5, 0.6) is 0 Å². The molecule has 0 bridgehead atoms. The van der Waals surface area contributed by atoms with Crippen LogP contribution < -0.4 is 15.8 Å². The van der Waals surface area contributed by atoms with Crippen molar-refractivity contribution in [2.75, 3.05) is 29.9 Å². The molecule has 1 atom stereocenters. The van der Waals surface area contributed by atoms with Gasteiger partial charge in [0.15, 0.2) is 0 Å². The van der Waals surface area contributed by atoms with Gasteiger partial charge in [-0.15, -0.1) is 5.10 Å². The third-order valence-electron chi connectivity index (χ3n) is 5.09. The Kier molecular flexibility index (Phi) is 4.83. The van der Waals surface area contributed by atoms with Crippen molar-refractivity contribution in [1.29, 1.82) is 0 Å². The summed E-state index contributed by atoms with van der Waals surface area (Å²) in [5.74, 6) is 1.64. The highest BCUT2D eigenvalue weighted by Gasteiger charge is 2.24. The number of aromatic nitrogens is 4. The second-order valence-corrected chi connectivity index (χ2v) is 6.88. The lowest BCUT2D eigenvalue weighted by Crippen LogP contribution is -2.45. The fourth-order valence-corrected chi connectivity index (χ4v) is 3.61. The fourth-order valence-electron chi connectivity index (χ4n) is 3.61. The first-order valence-electron chi connectivity index (χ1n) is 9.19. The summed E-state index contributed by atoms with van der Waals surface area (Å²) >= 11 is 0. The van der Waals surface area contributed by atoms with E-state index >= 15 is 0 Å². The molecule has 2 aliphatic rings. The summed E-state index contributed by atoms with van der Waals surface area (Å²) in [6.45, 7) is 3.04. The summed E-state index contributed by atoms with van der Waals surface area (Å²) in [4.78, 5) is 13.9. The molecule has 0 amide bonds. The molecule has 0 saturated carbocycles. The van der Waals surface area contributed by atoms with Crippen LogP contribution in [0.1, 0.15) is 30.5 Å². The van der Waals surface area contributed by atoms with Crippen LogP contribution in [0.15, 0.2) is 23.0 Å². The van der Waals surface area contributed by atoms with E-state index in [0.717, 1.165) is 61.9 Å². The molecule has 0 aromatic carbocycles. The Labute approximate surface area is 152 Å². The van der Waals surface area contributed by atoms with Gasteiger partial charge in [-0.05, 0) is 31.4 Å². The van der Waals surface area contributed by atoms with Crippen LogP contribution in [-0.2, 0) is 24.8 Å². The van der Waals surface area contributed by atoms with Crippen molar-refractivity contribution in [3.05, 3.63) is 39.8 Å². The van der Waals surface area contributed by atoms with E-state index in [1.54, 1.807) is 13.1 Å². The molecule has 4 heterocycles. The Morgan fingerprint density at radius 1 is 1.31 bits per heavy atom. The normalized spacial score (nSPS) is 19.9. The van der Waals surface area contributed by atoms with Gasteiger partial charge in [-0.3, -0.25) is 4.79 Å². The van der Waals surface area contributed by atoms with Gasteiger partial charge in [0.05, 0.1) is 18.9 Å². The predicted octanol–water partition coefficient (Wildman–Crippen LogP) is 1.11. The molecular formula is C18H24N6O2. The quantitative estimate of drug-likeness (QED) is 0.878. The highest BCUT2D eigenvalue weighted by atomic mass is 16.5. The van der Waals surface area contributed by atoms with E-state index in [1.165, 1.54) is 11.1 Å². The zero-order valence-corrected chi connectivity index (χ0v) is 15.0. The maximum absolute atomic E-state index is 11.6. The van der Waals surface area contributed by atoms with E-state index in [-0.39, 0.29) is 5.56 Å². The van der Waals surface area contributed by atoms with E-state index in [9.17, 15) is 4.79 Å². The van der Waals surface area contributed by atoms with Crippen LogP contribution in [0.3, 0.4) is 0 Å². The molecule has 2 aromatic heterocycles. The molecule has 26 heavy (non-hydrogen) atoms. The summed E-state index contributed by atoms with van der Waals surface area (Å²) in [6.07, 6.45) is 4.24. The van der Waals surface area contributed by atoms with Gasteiger partial charge in [0.25, 0.3) is 5.56 Å². The minimum absolute atomic E-state index is 0.0908. The smallest absolute Gasteiger partial charge is 0.266 e. The van der Waals surface area contributed by atoms with Gasteiger partial charge in [-0.2, -0.15) is 10.2 Å². The molecule has 8 nitrogen and oxygen atoms in total. The third kappa shape index (κ3) is 3.55. The molecule has 138 valence electrons. The van der Waals surface area contributed by atoms with Crippen molar-refractivity contribution < 1.29 is 4.74 Å². The lowest BCUT2D eigenvalue weighted by molar-refractivity contribution is 0.109. The summed E-state index contributed by atoms with van der Waals surface area (Å²) in [6, 6.07) is 5.74. The number of hydrogen-bond acceptors (Lipinski definition) is 7. The van der Waals surface area contributed by atoms with E-state index in [4.69, 9.17) is 4.74 Å². The number of aryl methyl sites for hydroxylation is 1. The first kappa shape index (κ1) is 17.0. The summed E-state index contributed by atoms with van der Waals surface area (Å²) in [5, 5.41) is 16.5. The summed E-state index contributed by atoms with van der Waals surface area (Å²) < 4.78 is 6.89. The van der Waals surface area contributed by atoms with Crippen molar-refractivity contribution >= 4 is 11.6 Å². The standard InChI is InChI=1S/C18H24N6O2/c1-23-18(25)6-5-17(22-23)24-8-3-2-4-14(24)11-19-16-10-13-12-26-9-7-15(13)20-21-16/h5-6,10,14H,2-4,7-9,11-12H2,1H3,(H,19,21). The molecule has 2 aliphatic heterocycles. The lowest BCUT2D eigenvalue weighted by atomic mass is 10.0. The molecule has 1 fully saturated rings. The van der Waals surface area contributed by atoms with Crippen molar-refractivity contribution in [2.24, 2.45) is 7.05 Å². The largest absolute Gasteiger partial charge is 0.376 e. The number of fused-ring (bicyclic) bond motifs is 1. The average Bonchev–Trinajstić information content (AvgIpc) is 2.68. The topological polar surface area (TPSA) is 85.2 Å². The van der Waals surface area contributed by atoms with Gasteiger partial charge in [-0.1, -0.05) is 0 Å². The van der Waals surface area contributed by atoms with Gasteiger partial charge >= 0.3 is 0 Å². The number of nitrogens with one attached hydrogen (secondary N) is 1. The van der Waals surface area contributed by atoms with E-state index in [2.05, 4.69) is 25.5 Å². The van der Waals surface area contributed by atoms with E-state index in [1.807, 2.05) is 12.1 Å². The Balaban J connectivity index is 1.47. The highest BCUT2D eigenvalue weighted by molar-refractivity contribution is 5.42. The van der Waals surface area contributed by atoms with E-state index < -0.39 is 0 Å². The number of piperidine rings is 1. The number of hydrogen-bond donors (Lipinski definition) is 1. The molecule has 0 spiro atoms. The first-order chi connectivity index (χ1) is 12.7. The molecule has 1 N–H and O–H groups in total. The zero-order valence-electron chi connectivity index (χ0n) is 15.0. The molecule has 1 unspecified atom stereocenters. The van der Waals surface area contributed by atoms with Crippen molar-refractivity contribution in [3.63, 3.8) is 0 Å². The molecule has 0 radical (unpaired) electrons. The third-order valence-corrected chi connectivity index (χ3v) is 5.09. The van der Waals surface area contributed by atoms with Gasteiger partial charge in [0, 0.05) is 44.2 Å². The number of anilines is 2. The van der Waals surface area contributed by atoms with Gasteiger partial charge < -0.3 is 15.0 Å². The number of nitrogens with zero attached hydrogens (tertiary/aromatic N) is 5. The number of rotatable bonds is 4. The Morgan fingerprint density at radius 3 is 3.12 bits per heavy atom. The van der Waals surface area contributed by atoms with Gasteiger partial charge in [-0.25, -0.2) is 4.68 Å². The molecule has 2 aromatic rings. The zero-order chi connectivity index (χ0) is 17.9. The fraction of sp³-hybridized carbons (Fsp3) is 0.556. The Bertz CT molecular complexity index is 837. The van der Waals surface area contributed by atoms with Gasteiger partial charge in [0.2, 0.25) is 0 Å². The average molecular weight is 356 g/mol. The van der Waals surface area contributed by atoms with Crippen LogP contribution in [0.25, 0.3) is 0 Å². The van der Waals surface area contributed by atoms with Crippen LogP contribution in [0.2, 0.25) is 0 Å². The molecule has 4 rings (SSSR count). The lowest BCUT2D eigenvalue weighted by Gasteiger charge is -2.36. The number of ether oxygens (including phenoxy) is 1. The van der Waals surface area contributed by atoms with Gasteiger partial charge in [0.1, 0.15) is 11.6 Å². The second kappa shape index (κ2) is 7.41. The molecule has 0 aliphatic carbocycles. The van der Waals surface area contributed by atoms with Crippen LogP contribution in [0.4, 0.5) is 11.6 Å². The summed E-state index contributed by atoms with van der Waals surface area (Å²) in [7, 11) is 1.69. The van der Waals surface area contributed by atoms with Crippen LogP contribution in [0, 0.1) is 0 Å². The maximum Gasteiger partial charge on any atom is 0.266 e. The Hall–Kier alpha value is -2.48. The minimum Gasteiger partial charge on any atom is -0.376 e. The first-order valence-corrected chi connectivity index (χ1v) is 9.19. The SMILES string of the molecule is Cn1nc(N2CCCCC2CNc2cc3c(nn2)CCOC3)ccc1=O. The highest BCUT2D eigenvalue weighted by Crippen LogP contribution is 2.23. The molecule has 1 saturated heterocycles. The van der Waals surface area contributed by atoms with Crippen molar-refractivity contribution in [3.8, 4) is 0 Å². The van der Waals surface area contributed by atoms with E-state index in [0.29, 0.717) is 12.6 Å². The van der Waals surface area contributed by atoms with Crippen LogP contribution >= 0.6 is 0 Å². The van der Waals surface area contributed by atoms with Crippen molar-refractivity contribution in [2.45, 2.75) is 38.3 Å². The van der Waals surface area contributed by atoms with Crippen molar-refractivity contribution in [1.82, 2.24) is 20.0 Å². The maximum atomic E-state index is 11.6.